The summed E-state index contributed by atoms with van der Waals surface area (Å²) in [7, 11) is 0. The Kier molecular flexibility index (Phi) is 4.25. The van der Waals surface area contributed by atoms with Gasteiger partial charge in [0.1, 0.15) is 11.3 Å². The maximum absolute atomic E-state index is 5.22. The summed E-state index contributed by atoms with van der Waals surface area (Å²) >= 11 is 3.79. The van der Waals surface area contributed by atoms with Crippen LogP contribution in [0, 0.1) is 0 Å². The molecule has 0 saturated carbocycles. The Morgan fingerprint density at radius 3 is 1.77 bits per heavy atom. The summed E-state index contributed by atoms with van der Waals surface area (Å²) in [5, 5.41) is 1.16. The molecule has 0 bridgehead atoms. The second-order valence-electron chi connectivity index (χ2n) is 7.45. The van der Waals surface area contributed by atoms with Crippen LogP contribution in [0.5, 0.6) is 0 Å². The Morgan fingerprint density at radius 2 is 1.13 bits per heavy atom. The van der Waals surface area contributed by atoms with Gasteiger partial charge >= 0.3 is 0 Å². The van der Waals surface area contributed by atoms with Gasteiger partial charge in [0.05, 0.1) is 5.52 Å². The molecule has 0 saturated heterocycles. The fraction of sp³-hybridized carbons (Fsp3) is 0. The summed E-state index contributed by atoms with van der Waals surface area (Å²) in [6.07, 6.45) is 0. The van der Waals surface area contributed by atoms with Crippen LogP contribution in [0.3, 0.4) is 0 Å². The first-order valence-electron chi connectivity index (χ1n) is 10.2. The molecule has 6 aromatic rings. The number of hydrogen-bond donors (Lipinski definition) is 0. The minimum atomic E-state index is 0.934. The number of fused-ring (bicyclic) bond motifs is 3. The van der Waals surface area contributed by atoms with Gasteiger partial charge in [0.2, 0.25) is 0 Å². The van der Waals surface area contributed by atoms with E-state index in [-0.39, 0.29) is 0 Å². The number of aromatic nitrogens is 3. The van der Waals surface area contributed by atoms with Gasteiger partial charge in [0.15, 0.2) is 5.65 Å². The maximum Gasteiger partial charge on any atom is 0.165 e. The van der Waals surface area contributed by atoms with Crippen molar-refractivity contribution in [2.75, 3.05) is 0 Å². The first kappa shape index (κ1) is 18.2. The average Bonchev–Trinajstić information content (AvgIpc) is 3.37. The molecule has 0 amide bonds. The molecule has 3 nitrogen and oxygen atoms in total. The van der Waals surface area contributed by atoms with Gasteiger partial charge < -0.3 is 0 Å². The SMILES string of the molecule is Brc1cccc2c3c(nc(-c4ccccc4)n3-c3ccccc3)n(-c3ccccc3)c12. The molecule has 148 valence electrons. The second-order valence-corrected chi connectivity index (χ2v) is 8.31. The van der Waals surface area contributed by atoms with Crippen molar-refractivity contribution in [3.8, 4) is 22.8 Å². The van der Waals surface area contributed by atoms with Crippen molar-refractivity contribution >= 4 is 38.0 Å². The number of benzene rings is 4. The van der Waals surface area contributed by atoms with Gasteiger partial charge in [-0.25, -0.2) is 4.98 Å². The normalized spacial score (nSPS) is 11.4. The third-order valence-corrected chi connectivity index (χ3v) is 6.24. The number of rotatable bonds is 3. The smallest absolute Gasteiger partial charge is 0.165 e. The lowest BCUT2D eigenvalue weighted by Crippen LogP contribution is -1.98. The van der Waals surface area contributed by atoms with Crippen LogP contribution in [0.4, 0.5) is 0 Å². The van der Waals surface area contributed by atoms with Gasteiger partial charge in [0.25, 0.3) is 0 Å². The first-order chi connectivity index (χ1) is 15.3. The summed E-state index contributed by atoms with van der Waals surface area (Å²) in [6.45, 7) is 0. The molecule has 6 rings (SSSR count). The third-order valence-electron chi connectivity index (χ3n) is 5.60. The molecule has 4 aromatic carbocycles. The fourth-order valence-corrected chi connectivity index (χ4v) is 4.83. The van der Waals surface area contributed by atoms with E-state index < -0.39 is 0 Å². The number of hydrogen-bond acceptors (Lipinski definition) is 1. The fourth-order valence-electron chi connectivity index (χ4n) is 4.28. The van der Waals surface area contributed by atoms with E-state index in [0.717, 1.165) is 49.3 Å². The Bertz CT molecular complexity index is 1510. The third kappa shape index (κ3) is 2.83. The molecule has 0 unspecified atom stereocenters. The molecule has 0 N–H and O–H groups in total. The topological polar surface area (TPSA) is 22.8 Å². The molecule has 0 atom stereocenters. The van der Waals surface area contributed by atoms with Gasteiger partial charge in [0, 0.05) is 26.8 Å². The minimum Gasteiger partial charge on any atom is -0.291 e. The number of halogens is 1. The molecule has 0 fully saturated rings. The van der Waals surface area contributed by atoms with Gasteiger partial charge in [-0.2, -0.15) is 0 Å². The summed E-state index contributed by atoms with van der Waals surface area (Å²) < 4.78 is 5.58. The second kappa shape index (κ2) is 7.25. The van der Waals surface area contributed by atoms with Gasteiger partial charge in [-0.05, 0) is 46.3 Å². The minimum absolute atomic E-state index is 0.934. The number of para-hydroxylation sites is 3. The van der Waals surface area contributed by atoms with Crippen LogP contribution in [0.2, 0.25) is 0 Å². The van der Waals surface area contributed by atoms with Crippen LogP contribution in [-0.4, -0.2) is 14.1 Å². The van der Waals surface area contributed by atoms with Crippen LogP contribution in [0.1, 0.15) is 0 Å². The van der Waals surface area contributed by atoms with Crippen molar-refractivity contribution in [3.05, 3.63) is 114 Å². The monoisotopic (exact) mass is 463 g/mol. The van der Waals surface area contributed by atoms with E-state index in [9.17, 15) is 0 Å². The molecular formula is C27H18BrN3. The van der Waals surface area contributed by atoms with E-state index in [2.05, 4.69) is 116 Å². The van der Waals surface area contributed by atoms with E-state index in [1.54, 1.807) is 0 Å². The van der Waals surface area contributed by atoms with Crippen molar-refractivity contribution in [2.45, 2.75) is 0 Å². The molecule has 0 aliphatic rings. The van der Waals surface area contributed by atoms with Crippen molar-refractivity contribution in [3.63, 3.8) is 0 Å². The van der Waals surface area contributed by atoms with E-state index in [1.807, 2.05) is 18.2 Å². The molecule has 4 heteroatoms. The van der Waals surface area contributed by atoms with Crippen molar-refractivity contribution in [1.29, 1.82) is 0 Å². The molecule has 0 aliphatic heterocycles. The number of nitrogens with zero attached hydrogens (tertiary/aromatic N) is 3. The first-order valence-corrected chi connectivity index (χ1v) is 11.0. The lowest BCUT2D eigenvalue weighted by atomic mass is 10.2. The lowest BCUT2D eigenvalue weighted by molar-refractivity contribution is 1.10. The van der Waals surface area contributed by atoms with E-state index in [1.165, 1.54) is 0 Å². The Balaban J connectivity index is 1.83. The van der Waals surface area contributed by atoms with E-state index in [4.69, 9.17) is 4.98 Å². The lowest BCUT2D eigenvalue weighted by Gasteiger charge is -2.10. The Morgan fingerprint density at radius 1 is 0.548 bits per heavy atom. The zero-order valence-electron chi connectivity index (χ0n) is 16.6. The van der Waals surface area contributed by atoms with Crippen LogP contribution < -0.4 is 0 Å². The largest absolute Gasteiger partial charge is 0.291 e. The Labute approximate surface area is 188 Å². The molecule has 0 aliphatic carbocycles. The summed E-state index contributed by atoms with van der Waals surface area (Å²) in [4.78, 5) is 5.22. The zero-order chi connectivity index (χ0) is 20.8. The molecule has 0 spiro atoms. The van der Waals surface area contributed by atoms with Crippen LogP contribution in [0.15, 0.2) is 114 Å². The quantitative estimate of drug-likeness (QED) is 0.268. The van der Waals surface area contributed by atoms with Crippen LogP contribution >= 0.6 is 15.9 Å². The van der Waals surface area contributed by atoms with Crippen LogP contribution in [0.25, 0.3) is 44.8 Å². The van der Waals surface area contributed by atoms with Crippen molar-refractivity contribution in [2.24, 2.45) is 0 Å². The summed E-state index contributed by atoms with van der Waals surface area (Å²) in [5.41, 5.74) is 6.43. The van der Waals surface area contributed by atoms with Gasteiger partial charge in [-0.3, -0.25) is 9.13 Å². The molecule has 31 heavy (non-hydrogen) atoms. The highest BCUT2D eigenvalue weighted by Gasteiger charge is 2.23. The van der Waals surface area contributed by atoms with Crippen LogP contribution in [-0.2, 0) is 0 Å². The molecule has 2 heterocycles. The predicted octanol–water partition coefficient (Wildman–Crippen LogP) is 7.40. The Hall–Kier alpha value is -3.63. The van der Waals surface area contributed by atoms with Crippen molar-refractivity contribution < 1.29 is 0 Å². The highest BCUT2D eigenvalue weighted by atomic mass is 79.9. The van der Waals surface area contributed by atoms with E-state index in [0.29, 0.717) is 0 Å². The highest BCUT2D eigenvalue weighted by molar-refractivity contribution is 9.10. The highest BCUT2D eigenvalue weighted by Crippen LogP contribution is 2.39. The predicted molar refractivity (Wildman–Crippen MR) is 131 cm³/mol. The standard InChI is InChI=1S/C27H18BrN3/c28-23-18-10-17-22-24(23)30(20-13-6-2-7-14-20)27-25(22)31(21-15-8-3-9-16-21)26(29-27)19-11-4-1-5-12-19/h1-18H. The molecule has 0 radical (unpaired) electrons. The van der Waals surface area contributed by atoms with Crippen molar-refractivity contribution in [1.82, 2.24) is 14.1 Å². The summed E-state index contributed by atoms with van der Waals surface area (Å²) in [5.74, 6) is 0.934. The number of imidazole rings is 1. The molecule has 2 aromatic heterocycles. The van der Waals surface area contributed by atoms with Gasteiger partial charge in [-0.15, -0.1) is 0 Å². The average molecular weight is 464 g/mol. The van der Waals surface area contributed by atoms with E-state index >= 15 is 0 Å². The van der Waals surface area contributed by atoms with Gasteiger partial charge in [-0.1, -0.05) is 78.9 Å². The zero-order valence-corrected chi connectivity index (χ0v) is 18.2. The maximum atomic E-state index is 5.22. The molecular weight excluding hydrogens is 446 g/mol. The summed E-state index contributed by atoms with van der Waals surface area (Å²) in [6, 6.07) is 37.6.